The summed E-state index contributed by atoms with van der Waals surface area (Å²) in [5, 5.41) is 0. The van der Waals surface area contributed by atoms with Crippen LogP contribution in [0.15, 0.2) is 18.7 Å². The predicted octanol–water partition coefficient (Wildman–Crippen LogP) is 1.55. The normalized spacial score (nSPS) is 7.40. The first-order valence-electron chi connectivity index (χ1n) is 1.56. The molecule has 0 heteroatoms. The molecule has 0 nitrogen and oxygen atoms in total. The lowest BCUT2D eigenvalue weighted by Crippen LogP contribution is -1.36. The average Bonchev–Trinajstić information content (AvgIpc) is 1.41. The van der Waals surface area contributed by atoms with Gasteiger partial charge in [0.05, 0.1) is 12.2 Å². The van der Waals surface area contributed by atoms with Crippen molar-refractivity contribution in [3.05, 3.63) is 24.8 Å². The Hall–Kier alpha value is -0.610. The van der Waals surface area contributed by atoms with Gasteiger partial charge >= 0.3 is 0 Å². The summed E-state index contributed by atoms with van der Waals surface area (Å²) in [6.45, 7) is 5.31. The molecule has 0 bridgehead atoms. The lowest BCUT2D eigenvalue weighted by atomic mass is 10.5. The maximum atomic E-state index is 3.41. The van der Waals surface area contributed by atoms with E-state index in [9.17, 15) is 0 Å². The third kappa shape index (κ3) is 3.39. The standard InChI is InChI=1S/C5H7/c1-3-5-4-2/h3-4H,1H2,2H3/q+1. The molecule has 0 aromatic heterocycles. The Labute approximate surface area is 32.8 Å². The molecule has 0 spiro atoms. The summed E-state index contributed by atoms with van der Waals surface area (Å²) in [7, 11) is 0. The molecule has 26 valence electrons. The Morgan fingerprint density at radius 2 is 2.40 bits per heavy atom. The van der Waals surface area contributed by atoms with Gasteiger partial charge in [-0.2, -0.15) is 0 Å². The van der Waals surface area contributed by atoms with Crippen LogP contribution in [0.1, 0.15) is 6.92 Å². The minimum absolute atomic E-state index is 1.62. The fourth-order valence-electron chi connectivity index (χ4n) is 0.118. The maximum absolute atomic E-state index is 3.41. The number of allylic oxidation sites excluding steroid dienone is 3. The Morgan fingerprint density at radius 3 is 2.40 bits per heavy atom. The second-order valence-electron chi connectivity index (χ2n) is 0.659. The van der Waals surface area contributed by atoms with Crippen molar-refractivity contribution in [2.24, 2.45) is 0 Å². The average molecular weight is 67.1 g/mol. The Bertz CT molecular complexity index is 42.0. The molecule has 0 atom stereocenters. The molecule has 0 saturated heterocycles. The third-order valence-electron chi connectivity index (χ3n) is 0.285. The minimum atomic E-state index is 1.62. The summed E-state index contributed by atoms with van der Waals surface area (Å²) < 4.78 is 0. The zero-order valence-electron chi connectivity index (χ0n) is 3.36. The molecule has 0 radical (unpaired) electrons. The molecule has 0 heterocycles. The second-order valence-corrected chi connectivity index (χ2v) is 0.659. The first-order chi connectivity index (χ1) is 2.41. The van der Waals surface area contributed by atoms with E-state index in [-0.39, 0.29) is 0 Å². The summed E-state index contributed by atoms with van der Waals surface area (Å²) in [5.74, 6) is 0. The highest BCUT2D eigenvalue weighted by molar-refractivity contribution is 4.85. The van der Waals surface area contributed by atoms with E-state index in [4.69, 9.17) is 0 Å². The Kier molecular flexibility index (Phi) is 2.98. The van der Waals surface area contributed by atoms with Crippen LogP contribution >= 0.6 is 0 Å². The maximum Gasteiger partial charge on any atom is 0.152 e. The lowest BCUT2D eigenvalue weighted by Gasteiger charge is -1.41. The van der Waals surface area contributed by atoms with Gasteiger partial charge in [-0.05, 0) is 6.92 Å². The molecule has 0 aliphatic carbocycles. The Balaban J connectivity index is 2.92. The van der Waals surface area contributed by atoms with Gasteiger partial charge in [-0.25, -0.2) is 0 Å². The van der Waals surface area contributed by atoms with Gasteiger partial charge in [0.2, 0.25) is 0 Å². The number of hydrogen-bond donors (Lipinski definition) is 0. The van der Waals surface area contributed by atoms with Crippen LogP contribution in [0, 0.1) is 6.08 Å². The molecular weight excluding hydrogens is 60.1 g/mol. The van der Waals surface area contributed by atoms with E-state index in [1.165, 1.54) is 0 Å². The fraction of sp³-hybridized carbons (Fsp3) is 0.200. The van der Waals surface area contributed by atoms with E-state index in [0.29, 0.717) is 0 Å². The van der Waals surface area contributed by atoms with E-state index in [2.05, 4.69) is 12.7 Å². The molecular formula is C5H7+. The van der Waals surface area contributed by atoms with Crippen LogP contribution in [0.3, 0.4) is 0 Å². The summed E-state index contributed by atoms with van der Waals surface area (Å²) in [6.07, 6.45) is 6.19. The molecule has 0 amide bonds. The van der Waals surface area contributed by atoms with Gasteiger partial charge in [-0.15, -0.1) is 0 Å². The van der Waals surface area contributed by atoms with Gasteiger partial charge in [0.1, 0.15) is 0 Å². The van der Waals surface area contributed by atoms with Crippen LogP contribution in [0.25, 0.3) is 0 Å². The van der Waals surface area contributed by atoms with Crippen molar-refractivity contribution >= 4 is 0 Å². The van der Waals surface area contributed by atoms with Crippen molar-refractivity contribution < 1.29 is 0 Å². The van der Waals surface area contributed by atoms with Crippen LogP contribution in [-0.4, -0.2) is 0 Å². The third-order valence-corrected chi connectivity index (χ3v) is 0.285. The lowest BCUT2D eigenvalue weighted by molar-refractivity contribution is 1.70. The van der Waals surface area contributed by atoms with Crippen LogP contribution in [0.4, 0.5) is 0 Å². The van der Waals surface area contributed by atoms with E-state index in [1.54, 1.807) is 6.08 Å². The van der Waals surface area contributed by atoms with Gasteiger partial charge in [0.15, 0.2) is 6.08 Å². The Morgan fingerprint density at radius 1 is 1.80 bits per heavy atom. The van der Waals surface area contributed by atoms with E-state index < -0.39 is 0 Å². The number of hydrogen-bond acceptors (Lipinski definition) is 0. The van der Waals surface area contributed by atoms with Gasteiger partial charge in [-0.3, -0.25) is 0 Å². The summed E-state index contributed by atoms with van der Waals surface area (Å²) in [5.41, 5.74) is 0. The summed E-state index contributed by atoms with van der Waals surface area (Å²) in [4.78, 5) is 0. The van der Waals surface area contributed by atoms with Crippen molar-refractivity contribution in [2.75, 3.05) is 0 Å². The monoisotopic (exact) mass is 67.1 g/mol. The van der Waals surface area contributed by atoms with Crippen molar-refractivity contribution in [3.63, 3.8) is 0 Å². The summed E-state index contributed by atoms with van der Waals surface area (Å²) >= 11 is 0. The first kappa shape index (κ1) is 4.39. The molecule has 0 saturated carbocycles. The second kappa shape index (κ2) is 3.39. The van der Waals surface area contributed by atoms with Crippen molar-refractivity contribution in [1.29, 1.82) is 0 Å². The first-order valence-corrected chi connectivity index (χ1v) is 1.56. The van der Waals surface area contributed by atoms with Gasteiger partial charge in [0, 0.05) is 6.58 Å². The molecule has 0 rings (SSSR count). The smallest absolute Gasteiger partial charge is 0.0185 e. The molecule has 0 N–H and O–H groups in total. The molecule has 0 aromatic rings. The SMILES string of the molecule is C=C[C+]=CC. The molecule has 0 aliphatic rings. The van der Waals surface area contributed by atoms with E-state index >= 15 is 0 Å². The largest absolute Gasteiger partial charge is 0.152 e. The molecule has 0 fully saturated rings. The van der Waals surface area contributed by atoms with Crippen molar-refractivity contribution in [2.45, 2.75) is 6.92 Å². The molecule has 0 aromatic carbocycles. The van der Waals surface area contributed by atoms with Gasteiger partial charge in [0.25, 0.3) is 0 Å². The highest BCUT2D eigenvalue weighted by Crippen LogP contribution is 1.62. The van der Waals surface area contributed by atoms with Crippen LogP contribution < -0.4 is 0 Å². The molecule has 0 unspecified atom stereocenters. The topological polar surface area (TPSA) is 0 Å². The molecule has 5 heavy (non-hydrogen) atoms. The highest BCUT2D eigenvalue weighted by Gasteiger charge is 1.57. The van der Waals surface area contributed by atoms with E-state index in [0.717, 1.165) is 0 Å². The number of rotatable bonds is 1. The zero-order chi connectivity index (χ0) is 4.12. The quantitative estimate of drug-likeness (QED) is 0.322. The predicted molar refractivity (Wildman–Crippen MR) is 23.7 cm³/mol. The zero-order valence-corrected chi connectivity index (χ0v) is 3.36. The van der Waals surface area contributed by atoms with Crippen molar-refractivity contribution in [3.8, 4) is 0 Å². The van der Waals surface area contributed by atoms with Gasteiger partial charge < -0.3 is 0 Å². The van der Waals surface area contributed by atoms with Gasteiger partial charge in [-0.1, -0.05) is 0 Å². The van der Waals surface area contributed by atoms with Crippen LogP contribution in [0.5, 0.6) is 0 Å². The van der Waals surface area contributed by atoms with E-state index in [1.807, 2.05) is 13.0 Å². The minimum Gasteiger partial charge on any atom is -0.0185 e. The summed E-state index contributed by atoms with van der Waals surface area (Å²) in [6, 6.07) is 0. The molecule has 0 aliphatic heterocycles. The van der Waals surface area contributed by atoms with Crippen LogP contribution in [-0.2, 0) is 0 Å². The fourth-order valence-corrected chi connectivity index (χ4v) is 0.118. The van der Waals surface area contributed by atoms with Crippen LogP contribution in [0.2, 0.25) is 0 Å². The van der Waals surface area contributed by atoms with Crippen molar-refractivity contribution in [1.82, 2.24) is 0 Å². The highest BCUT2D eigenvalue weighted by atomic mass is 13.5.